The van der Waals surface area contributed by atoms with E-state index < -0.39 is 0 Å². The van der Waals surface area contributed by atoms with E-state index in [1.165, 1.54) is 11.3 Å². The molecule has 4 heteroatoms. The molecule has 0 spiro atoms. The molecular weight excluding hydrogens is 380 g/mol. The number of hydrogen-bond acceptors (Lipinski definition) is 2. The van der Waals surface area contributed by atoms with Gasteiger partial charge in [-0.25, -0.2) is 0 Å². The summed E-state index contributed by atoms with van der Waals surface area (Å²) in [7, 11) is 2.20. The largest absolute Gasteiger partial charge is 0.369 e. The van der Waals surface area contributed by atoms with Crippen LogP contribution in [-0.2, 0) is 5.41 Å². The third kappa shape index (κ3) is 1.71. The average Bonchev–Trinajstić information content (AvgIpc) is 2.88. The molecule has 2 atom stereocenters. The van der Waals surface area contributed by atoms with Crippen molar-refractivity contribution < 1.29 is 0 Å². The zero-order valence-electron chi connectivity index (χ0n) is 12.1. The van der Waals surface area contributed by atoms with E-state index in [0.717, 1.165) is 21.9 Å². The first-order chi connectivity index (χ1) is 9.33. The van der Waals surface area contributed by atoms with Crippen molar-refractivity contribution in [3.63, 3.8) is 0 Å². The smallest absolute Gasteiger partial charge is 0.0899 e. The minimum absolute atomic E-state index is 0.0357. The van der Waals surface area contributed by atoms with E-state index in [1.54, 1.807) is 0 Å². The predicted molar refractivity (Wildman–Crippen MR) is 92.2 cm³/mol. The minimum Gasteiger partial charge on any atom is -0.369 e. The summed E-state index contributed by atoms with van der Waals surface area (Å²) in [5.41, 5.74) is 2.77. The lowest BCUT2D eigenvalue weighted by molar-refractivity contribution is 0.178. The van der Waals surface area contributed by atoms with Gasteiger partial charge in [-0.2, -0.15) is 0 Å². The quantitative estimate of drug-likeness (QED) is 0.722. The van der Waals surface area contributed by atoms with Gasteiger partial charge in [0.25, 0.3) is 0 Å². The van der Waals surface area contributed by atoms with Crippen LogP contribution < -0.4 is 5.32 Å². The number of likely N-dealkylation sites (N-methyl/N-ethyl adjacent to an activating group) is 1. The summed E-state index contributed by atoms with van der Waals surface area (Å²) >= 11 is 7.27. The lowest BCUT2D eigenvalue weighted by Gasteiger charge is -2.43. The van der Waals surface area contributed by atoms with Crippen LogP contribution >= 0.6 is 31.9 Å². The molecule has 1 N–H and O–H groups in total. The minimum atomic E-state index is 0.0357. The first-order valence-electron chi connectivity index (χ1n) is 6.93. The maximum atomic E-state index is 4.10. The van der Waals surface area contributed by atoms with Crippen LogP contribution in [0.2, 0.25) is 0 Å². The third-order valence-electron chi connectivity index (χ3n) is 5.26. The first-order valence-corrected chi connectivity index (χ1v) is 8.52. The number of halogens is 2. The molecule has 2 aliphatic heterocycles. The number of hydrogen-bond donors (Lipinski definition) is 1. The van der Waals surface area contributed by atoms with Gasteiger partial charge in [0.05, 0.1) is 6.17 Å². The van der Waals surface area contributed by atoms with Gasteiger partial charge in [0.2, 0.25) is 0 Å². The average molecular weight is 400 g/mol. The Kier molecular flexibility index (Phi) is 3.35. The van der Waals surface area contributed by atoms with Gasteiger partial charge in [0.1, 0.15) is 0 Å². The molecule has 1 fully saturated rings. The van der Waals surface area contributed by atoms with Crippen LogP contribution in [-0.4, -0.2) is 24.7 Å². The maximum absolute atomic E-state index is 4.10. The molecule has 0 aromatic heterocycles. The highest BCUT2D eigenvalue weighted by atomic mass is 79.9. The number of nitrogens with zero attached hydrogens (tertiary/aromatic N) is 1. The summed E-state index contributed by atoms with van der Waals surface area (Å²) in [6, 6.07) is 4.46. The SMILES string of the molecule is C=CC(C)(C)[C@@]12CCN(C)[C@@H]1Nc1cc(Br)c(Br)cc12. The van der Waals surface area contributed by atoms with Crippen molar-refractivity contribution in [2.75, 3.05) is 18.9 Å². The van der Waals surface area contributed by atoms with Crippen molar-refractivity contribution in [1.82, 2.24) is 4.90 Å². The number of likely N-dealkylation sites (tertiary alicyclic amines) is 1. The molecule has 2 heterocycles. The van der Waals surface area contributed by atoms with Crippen molar-refractivity contribution in [2.24, 2.45) is 5.41 Å². The fraction of sp³-hybridized carbons (Fsp3) is 0.500. The second-order valence-corrected chi connectivity index (χ2v) is 8.20. The number of anilines is 1. The van der Waals surface area contributed by atoms with E-state index in [0.29, 0.717) is 6.17 Å². The Morgan fingerprint density at radius 3 is 2.70 bits per heavy atom. The van der Waals surface area contributed by atoms with E-state index in [1.807, 2.05) is 0 Å². The molecular formula is C16H20Br2N2. The molecule has 0 radical (unpaired) electrons. The van der Waals surface area contributed by atoms with Crippen molar-refractivity contribution in [2.45, 2.75) is 31.8 Å². The normalized spacial score (nSPS) is 28.9. The summed E-state index contributed by atoms with van der Waals surface area (Å²) in [4.78, 5) is 2.42. The van der Waals surface area contributed by atoms with Gasteiger partial charge in [0, 0.05) is 26.6 Å². The Bertz CT molecular complexity index is 582. The molecule has 1 aromatic rings. The van der Waals surface area contributed by atoms with E-state index >= 15 is 0 Å². The Morgan fingerprint density at radius 1 is 1.40 bits per heavy atom. The molecule has 0 unspecified atom stereocenters. The third-order valence-corrected chi connectivity index (χ3v) is 7.10. The Hall–Kier alpha value is -0.320. The van der Waals surface area contributed by atoms with Gasteiger partial charge in [-0.1, -0.05) is 19.9 Å². The maximum Gasteiger partial charge on any atom is 0.0899 e. The molecule has 0 aliphatic carbocycles. The number of allylic oxidation sites excluding steroid dienone is 1. The monoisotopic (exact) mass is 398 g/mol. The molecule has 1 aromatic carbocycles. The van der Waals surface area contributed by atoms with E-state index in [9.17, 15) is 0 Å². The molecule has 2 aliphatic rings. The molecule has 3 rings (SSSR count). The number of rotatable bonds is 2. The van der Waals surface area contributed by atoms with Gasteiger partial charge in [-0.05, 0) is 68.4 Å². The second kappa shape index (κ2) is 4.59. The molecule has 2 nitrogen and oxygen atoms in total. The molecule has 1 saturated heterocycles. The highest BCUT2D eigenvalue weighted by Crippen LogP contribution is 2.58. The standard InChI is InChI=1S/C16H20Br2N2/c1-5-15(2,3)16-6-7-20(4)14(16)19-13-9-12(18)11(17)8-10(13)16/h5,8-9,14,19H,1,6-7H2,2-4H3/t14-,16+/m0/s1. The van der Waals surface area contributed by atoms with Crippen LogP contribution in [0.3, 0.4) is 0 Å². The predicted octanol–water partition coefficient (Wildman–Crippen LogP) is 4.75. The molecule has 20 heavy (non-hydrogen) atoms. The molecule has 0 saturated carbocycles. The lowest BCUT2D eigenvalue weighted by atomic mass is 9.61. The van der Waals surface area contributed by atoms with Crippen molar-refractivity contribution in [3.05, 3.63) is 39.3 Å². The first kappa shape index (κ1) is 14.6. The van der Waals surface area contributed by atoms with E-state index in [-0.39, 0.29) is 10.8 Å². The van der Waals surface area contributed by atoms with Crippen LogP contribution in [0.15, 0.2) is 33.7 Å². The van der Waals surface area contributed by atoms with Crippen molar-refractivity contribution >= 4 is 37.5 Å². The van der Waals surface area contributed by atoms with E-state index in [2.05, 4.69) is 87.8 Å². The Labute approximate surface area is 137 Å². The summed E-state index contributed by atoms with van der Waals surface area (Å²) in [5.74, 6) is 0. The van der Waals surface area contributed by atoms with E-state index in [4.69, 9.17) is 0 Å². The highest BCUT2D eigenvalue weighted by Gasteiger charge is 2.59. The van der Waals surface area contributed by atoms with Crippen LogP contribution in [0.25, 0.3) is 0 Å². The topological polar surface area (TPSA) is 15.3 Å². The fourth-order valence-corrected chi connectivity index (χ4v) is 4.58. The number of fused-ring (bicyclic) bond motifs is 3. The van der Waals surface area contributed by atoms with Crippen LogP contribution in [0.5, 0.6) is 0 Å². The summed E-state index contributed by atoms with van der Waals surface area (Å²) in [6.45, 7) is 9.82. The number of nitrogens with one attached hydrogen (secondary N) is 1. The second-order valence-electron chi connectivity index (χ2n) is 6.49. The summed E-state index contributed by atoms with van der Waals surface area (Å²) < 4.78 is 2.21. The summed E-state index contributed by atoms with van der Waals surface area (Å²) in [5, 5.41) is 3.72. The van der Waals surface area contributed by atoms with Gasteiger partial charge >= 0.3 is 0 Å². The van der Waals surface area contributed by atoms with Gasteiger partial charge < -0.3 is 5.32 Å². The van der Waals surface area contributed by atoms with Crippen molar-refractivity contribution in [3.8, 4) is 0 Å². The van der Waals surface area contributed by atoms with Gasteiger partial charge in [0.15, 0.2) is 0 Å². The van der Waals surface area contributed by atoms with Gasteiger partial charge in [-0.3, -0.25) is 4.90 Å². The Balaban J connectivity index is 2.26. The van der Waals surface area contributed by atoms with Crippen LogP contribution in [0, 0.1) is 5.41 Å². The van der Waals surface area contributed by atoms with Crippen LogP contribution in [0.1, 0.15) is 25.8 Å². The lowest BCUT2D eigenvalue weighted by Crippen LogP contribution is -2.49. The van der Waals surface area contributed by atoms with Gasteiger partial charge in [-0.15, -0.1) is 6.58 Å². The highest BCUT2D eigenvalue weighted by molar-refractivity contribution is 9.13. The van der Waals surface area contributed by atoms with Crippen LogP contribution in [0.4, 0.5) is 5.69 Å². The van der Waals surface area contributed by atoms with Crippen molar-refractivity contribution in [1.29, 1.82) is 0 Å². The zero-order valence-corrected chi connectivity index (χ0v) is 15.3. The fourth-order valence-electron chi connectivity index (χ4n) is 3.90. The molecule has 108 valence electrons. The molecule has 0 bridgehead atoms. The summed E-state index contributed by atoms with van der Waals surface area (Å²) in [6.07, 6.45) is 3.61. The Morgan fingerprint density at radius 2 is 2.05 bits per heavy atom. The molecule has 0 amide bonds. The number of benzene rings is 1. The zero-order chi connectivity index (χ0) is 14.7.